The second-order valence-corrected chi connectivity index (χ2v) is 13.1. The Kier molecular flexibility index (Phi) is 9.20. The first-order valence-corrected chi connectivity index (χ1v) is 17.1. The van der Waals surface area contributed by atoms with Crippen molar-refractivity contribution < 1.29 is 0 Å². The van der Waals surface area contributed by atoms with E-state index >= 15 is 0 Å². The van der Waals surface area contributed by atoms with Crippen LogP contribution in [0.4, 0.5) is 0 Å². The van der Waals surface area contributed by atoms with Gasteiger partial charge in [-0.1, -0.05) is 91.1 Å². The van der Waals surface area contributed by atoms with Gasteiger partial charge in [0, 0.05) is 35.3 Å². The highest BCUT2D eigenvalue weighted by Gasteiger charge is 2.18. The minimum absolute atomic E-state index is 0.905. The Morgan fingerprint density at radius 1 is 0.353 bits per heavy atom. The van der Waals surface area contributed by atoms with E-state index in [1.54, 1.807) is 0 Å². The van der Waals surface area contributed by atoms with Crippen molar-refractivity contribution in [2.45, 2.75) is 20.8 Å². The third kappa shape index (κ3) is 6.88. The molecule has 0 N–H and O–H groups in total. The van der Waals surface area contributed by atoms with Crippen LogP contribution in [0, 0.1) is 0 Å². The van der Waals surface area contributed by atoms with Gasteiger partial charge in [0.2, 0.25) is 0 Å². The van der Waals surface area contributed by atoms with Crippen LogP contribution in [0.3, 0.4) is 0 Å². The topological polar surface area (TPSA) is 38.7 Å². The summed E-state index contributed by atoms with van der Waals surface area (Å²) in [4.78, 5) is 14.4. The molecule has 0 atom stereocenters. The second kappa shape index (κ2) is 14.2. The molecular formula is C48H39N3. The van der Waals surface area contributed by atoms with E-state index in [1.807, 2.05) is 75.8 Å². The maximum absolute atomic E-state index is 4.79. The maximum atomic E-state index is 4.79. The number of benzene rings is 4. The molecule has 3 heteroatoms. The van der Waals surface area contributed by atoms with Gasteiger partial charge in [-0.05, 0) is 144 Å². The van der Waals surface area contributed by atoms with Crippen LogP contribution < -0.4 is 0 Å². The lowest BCUT2D eigenvalue weighted by atomic mass is 9.86. The number of pyridine rings is 3. The molecule has 0 bridgehead atoms. The summed E-state index contributed by atoms with van der Waals surface area (Å²) in [6, 6.07) is 44.7. The zero-order valence-electron chi connectivity index (χ0n) is 29.3. The summed E-state index contributed by atoms with van der Waals surface area (Å²) in [7, 11) is 0. The first-order valence-electron chi connectivity index (χ1n) is 17.1. The Morgan fingerprint density at radius 2 is 0.647 bits per heavy atom. The van der Waals surface area contributed by atoms with Gasteiger partial charge in [0.05, 0.1) is 17.1 Å². The highest BCUT2D eigenvalue weighted by Crippen LogP contribution is 2.43. The zero-order chi connectivity index (χ0) is 35.5. The van der Waals surface area contributed by atoms with Crippen molar-refractivity contribution in [3.8, 4) is 67.2 Å². The van der Waals surface area contributed by atoms with E-state index in [1.165, 1.54) is 0 Å². The fraction of sp³-hybridized carbons (Fsp3) is 0.0625. The molecule has 4 aromatic carbocycles. The van der Waals surface area contributed by atoms with Gasteiger partial charge in [-0.3, -0.25) is 15.0 Å². The lowest BCUT2D eigenvalue weighted by Crippen LogP contribution is -1.95. The summed E-state index contributed by atoms with van der Waals surface area (Å²) in [5, 5.41) is 0. The van der Waals surface area contributed by atoms with Crippen molar-refractivity contribution in [2.24, 2.45) is 0 Å². The molecule has 7 aromatic rings. The van der Waals surface area contributed by atoms with Gasteiger partial charge < -0.3 is 0 Å². The summed E-state index contributed by atoms with van der Waals surface area (Å²) >= 11 is 0. The Balaban J connectivity index is 1.55. The Morgan fingerprint density at radius 3 is 0.882 bits per heavy atom. The molecule has 0 saturated heterocycles. The molecule has 0 spiro atoms. The monoisotopic (exact) mass is 657 g/mol. The minimum Gasteiger partial charge on any atom is -0.256 e. The second-order valence-electron chi connectivity index (χ2n) is 13.1. The Labute approximate surface area is 301 Å². The van der Waals surface area contributed by atoms with Crippen molar-refractivity contribution >= 4 is 16.7 Å². The number of hydrogen-bond acceptors (Lipinski definition) is 3. The quantitative estimate of drug-likeness (QED) is 0.155. The molecule has 0 aliphatic carbocycles. The summed E-state index contributed by atoms with van der Waals surface area (Å²) in [6.07, 6.45) is 5.54. The van der Waals surface area contributed by atoms with Gasteiger partial charge in [-0.15, -0.1) is 0 Å². The standard InChI is InChI=1S/C48H39N3/c1-31(2)34-16-19-40(43(28-34)46-13-7-10-22-49-46)37-25-38(41-20-17-35(32(3)4)29-44(41)47-14-8-11-23-50-47)27-39(26-37)42-21-18-36(33(5)6)30-45(42)48-15-9-12-24-51-48/h7-30H,1,3,5H2,2,4,6H3. The van der Waals surface area contributed by atoms with Crippen LogP contribution in [-0.2, 0) is 0 Å². The molecule has 0 radical (unpaired) electrons. The number of nitrogens with zero attached hydrogens (tertiary/aromatic N) is 3. The van der Waals surface area contributed by atoms with Gasteiger partial charge in [-0.2, -0.15) is 0 Å². The van der Waals surface area contributed by atoms with Crippen LogP contribution >= 0.6 is 0 Å². The molecule has 0 aliphatic rings. The first-order chi connectivity index (χ1) is 24.8. The normalized spacial score (nSPS) is 10.9. The van der Waals surface area contributed by atoms with E-state index in [-0.39, 0.29) is 0 Å². The summed E-state index contributed by atoms with van der Waals surface area (Å²) in [5.74, 6) is 0. The van der Waals surface area contributed by atoms with Crippen LogP contribution in [0.2, 0.25) is 0 Å². The van der Waals surface area contributed by atoms with Gasteiger partial charge in [0.1, 0.15) is 0 Å². The van der Waals surface area contributed by atoms with Gasteiger partial charge in [-0.25, -0.2) is 0 Å². The zero-order valence-corrected chi connectivity index (χ0v) is 29.3. The molecule has 0 unspecified atom stereocenters. The van der Waals surface area contributed by atoms with Crippen molar-refractivity contribution in [1.29, 1.82) is 0 Å². The molecule has 3 aromatic heterocycles. The minimum atomic E-state index is 0.905. The van der Waals surface area contributed by atoms with Crippen LogP contribution in [0.25, 0.3) is 83.9 Å². The highest BCUT2D eigenvalue weighted by molar-refractivity contribution is 5.94. The molecule has 0 aliphatic heterocycles. The molecule has 51 heavy (non-hydrogen) atoms. The van der Waals surface area contributed by atoms with E-state index in [9.17, 15) is 0 Å². The fourth-order valence-electron chi connectivity index (χ4n) is 6.48. The number of aromatic nitrogens is 3. The predicted octanol–water partition coefficient (Wildman–Crippen LogP) is 13.0. The van der Waals surface area contributed by atoms with Crippen LogP contribution in [-0.4, -0.2) is 15.0 Å². The lowest BCUT2D eigenvalue weighted by Gasteiger charge is -2.19. The first kappa shape index (κ1) is 33.1. The third-order valence-corrected chi connectivity index (χ3v) is 9.23. The molecule has 0 fully saturated rings. The van der Waals surface area contributed by atoms with E-state index in [2.05, 4.69) is 111 Å². The van der Waals surface area contributed by atoms with E-state index in [0.717, 1.165) is 101 Å². The van der Waals surface area contributed by atoms with Crippen molar-refractivity contribution in [1.82, 2.24) is 15.0 Å². The van der Waals surface area contributed by atoms with Gasteiger partial charge in [0.15, 0.2) is 0 Å². The van der Waals surface area contributed by atoms with Crippen molar-refractivity contribution in [3.05, 3.63) is 182 Å². The van der Waals surface area contributed by atoms with E-state index < -0.39 is 0 Å². The third-order valence-electron chi connectivity index (χ3n) is 9.23. The Hall–Kier alpha value is -6.45. The molecule has 3 nitrogen and oxygen atoms in total. The Bertz CT molecular complexity index is 2140. The predicted molar refractivity (Wildman–Crippen MR) is 217 cm³/mol. The van der Waals surface area contributed by atoms with Crippen LogP contribution in [0.1, 0.15) is 37.5 Å². The van der Waals surface area contributed by atoms with Gasteiger partial charge >= 0.3 is 0 Å². The number of rotatable bonds is 9. The molecule has 246 valence electrons. The SMILES string of the molecule is C=C(C)c1ccc(-c2cc(-c3ccc(C(=C)C)cc3-c3ccccn3)cc(-c3ccc(C(=C)C)cc3-c3ccccn3)c2)c(-c2ccccn2)c1. The largest absolute Gasteiger partial charge is 0.256 e. The van der Waals surface area contributed by atoms with Gasteiger partial charge in [0.25, 0.3) is 0 Å². The highest BCUT2D eigenvalue weighted by atomic mass is 14.7. The maximum Gasteiger partial charge on any atom is 0.0708 e. The molecule has 0 saturated carbocycles. The van der Waals surface area contributed by atoms with Crippen molar-refractivity contribution in [2.75, 3.05) is 0 Å². The molecule has 3 heterocycles. The van der Waals surface area contributed by atoms with Crippen molar-refractivity contribution in [3.63, 3.8) is 0 Å². The fourth-order valence-corrected chi connectivity index (χ4v) is 6.48. The van der Waals surface area contributed by atoms with Crippen LogP contribution in [0.15, 0.2) is 166 Å². The summed E-state index contributed by atoms with van der Waals surface area (Å²) in [6.45, 7) is 18.8. The average molecular weight is 658 g/mol. The molecule has 0 amide bonds. The summed E-state index contributed by atoms with van der Waals surface area (Å²) < 4.78 is 0. The van der Waals surface area contributed by atoms with Crippen LogP contribution in [0.5, 0.6) is 0 Å². The van der Waals surface area contributed by atoms with E-state index in [0.29, 0.717) is 0 Å². The number of hydrogen-bond donors (Lipinski definition) is 0. The molecule has 7 rings (SSSR count). The average Bonchev–Trinajstić information content (AvgIpc) is 3.18. The molecular weight excluding hydrogens is 619 g/mol. The number of allylic oxidation sites excluding steroid dienone is 3. The van der Waals surface area contributed by atoms with E-state index in [4.69, 9.17) is 15.0 Å². The lowest BCUT2D eigenvalue weighted by molar-refractivity contribution is 1.32. The summed E-state index contributed by atoms with van der Waals surface area (Å²) in [5.41, 5.74) is 18.6. The smallest absolute Gasteiger partial charge is 0.0708 e.